The summed E-state index contributed by atoms with van der Waals surface area (Å²) in [5, 5.41) is 0. The lowest BCUT2D eigenvalue weighted by Gasteiger charge is -2.39. The van der Waals surface area contributed by atoms with E-state index in [2.05, 4.69) is 33.5 Å². The van der Waals surface area contributed by atoms with Gasteiger partial charge in [-0.2, -0.15) is 0 Å². The normalized spacial score (nSPS) is 16.7. The fourth-order valence-electron chi connectivity index (χ4n) is 2.27. The monoisotopic (exact) mass is 278 g/mol. The molecule has 1 aromatic rings. The second-order valence-electron chi connectivity index (χ2n) is 6.33. The lowest BCUT2D eigenvalue weighted by atomic mass is 9.82. The van der Waals surface area contributed by atoms with Crippen molar-refractivity contribution in [3.05, 3.63) is 35.9 Å². The molecule has 0 N–H and O–H groups in total. The molecular weight excluding hydrogens is 252 g/mol. The first-order chi connectivity index (χ1) is 8.70. The van der Waals surface area contributed by atoms with E-state index in [0.717, 1.165) is 12.0 Å². The van der Waals surface area contributed by atoms with E-state index >= 15 is 0 Å². The number of carbonyl (C=O) groups is 1. The molecule has 1 aromatic carbocycles. The molecule has 106 valence electrons. The van der Waals surface area contributed by atoms with Gasteiger partial charge < -0.3 is 4.43 Å². The first-order valence-corrected chi connectivity index (χ1v) is 10.4. The van der Waals surface area contributed by atoms with Gasteiger partial charge in [-0.15, -0.1) is 0 Å². The highest BCUT2D eigenvalue weighted by molar-refractivity contribution is 6.70. The van der Waals surface area contributed by atoms with Gasteiger partial charge in [0.25, 0.3) is 0 Å². The minimum Gasteiger partial charge on any atom is -0.405 e. The molecule has 0 spiro atoms. The molecule has 19 heavy (non-hydrogen) atoms. The first-order valence-electron chi connectivity index (χ1n) is 7.00. The van der Waals surface area contributed by atoms with Crippen LogP contribution in [0.1, 0.15) is 37.6 Å². The van der Waals surface area contributed by atoms with Gasteiger partial charge in [0.1, 0.15) is 5.60 Å². The van der Waals surface area contributed by atoms with Crippen LogP contribution in [0.2, 0.25) is 19.6 Å². The average Bonchev–Trinajstić information content (AvgIpc) is 2.35. The Balaban J connectivity index is 3.14. The standard InChI is InChI=1S/C16H26O2Si/c1-7-13(2)16(3,18-19(4,5)6)15(17)14-11-9-8-10-12-14/h8-13H,7H2,1-6H3/t13-,16?/m0/s1. The van der Waals surface area contributed by atoms with Crippen molar-refractivity contribution in [1.82, 2.24) is 0 Å². The van der Waals surface area contributed by atoms with E-state index in [-0.39, 0.29) is 11.7 Å². The molecule has 2 atom stereocenters. The molecule has 0 heterocycles. The molecule has 0 saturated heterocycles. The van der Waals surface area contributed by atoms with Gasteiger partial charge in [0.2, 0.25) is 0 Å². The van der Waals surface area contributed by atoms with E-state index in [0.29, 0.717) is 0 Å². The maximum Gasteiger partial charge on any atom is 0.193 e. The van der Waals surface area contributed by atoms with Crippen LogP contribution in [0.15, 0.2) is 30.3 Å². The van der Waals surface area contributed by atoms with Gasteiger partial charge in [0, 0.05) is 5.56 Å². The fraction of sp³-hybridized carbons (Fsp3) is 0.562. The molecule has 0 aliphatic heterocycles. The maximum atomic E-state index is 12.8. The van der Waals surface area contributed by atoms with Crippen molar-refractivity contribution < 1.29 is 9.22 Å². The van der Waals surface area contributed by atoms with E-state index in [1.165, 1.54) is 0 Å². The second-order valence-corrected chi connectivity index (χ2v) is 10.8. The second kappa shape index (κ2) is 6.01. The molecule has 3 heteroatoms. The molecule has 0 fully saturated rings. The van der Waals surface area contributed by atoms with Crippen LogP contribution in [0.3, 0.4) is 0 Å². The van der Waals surface area contributed by atoms with Crippen LogP contribution in [-0.2, 0) is 4.43 Å². The van der Waals surface area contributed by atoms with Crippen molar-refractivity contribution in [2.24, 2.45) is 5.92 Å². The molecule has 2 nitrogen and oxygen atoms in total. The lowest BCUT2D eigenvalue weighted by molar-refractivity contribution is 0.0231. The number of Topliss-reactive ketones (excluding diaryl/α,β-unsaturated/α-hetero) is 1. The van der Waals surface area contributed by atoms with Crippen LogP contribution in [0.25, 0.3) is 0 Å². The highest BCUT2D eigenvalue weighted by Gasteiger charge is 2.42. The third-order valence-corrected chi connectivity index (χ3v) is 4.59. The van der Waals surface area contributed by atoms with E-state index in [1.54, 1.807) is 0 Å². The van der Waals surface area contributed by atoms with E-state index in [4.69, 9.17) is 4.43 Å². The van der Waals surface area contributed by atoms with E-state index in [9.17, 15) is 4.79 Å². The summed E-state index contributed by atoms with van der Waals surface area (Å²) in [6, 6.07) is 9.47. The summed E-state index contributed by atoms with van der Waals surface area (Å²) in [6.45, 7) is 12.5. The number of carbonyl (C=O) groups excluding carboxylic acids is 1. The van der Waals surface area contributed by atoms with Crippen LogP contribution in [-0.4, -0.2) is 19.7 Å². The summed E-state index contributed by atoms with van der Waals surface area (Å²) in [5.41, 5.74) is 0.0177. The summed E-state index contributed by atoms with van der Waals surface area (Å²) in [7, 11) is -1.79. The summed E-state index contributed by atoms with van der Waals surface area (Å²) in [5.74, 6) is 0.303. The van der Waals surface area contributed by atoms with Crippen LogP contribution < -0.4 is 0 Å². The van der Waals surface area contributed by atoms with Gasteiger partial charge in [-0.3, -0.25) is 4.79 Å². The quantitative estimate of drug-likeness (QED) is 0.564. The molecule has 0 radical (unpaired) electrons. The molecule has 1 rings (SSSR count). The first kappa shape index (κ1) is 16.1. The summed E-state index contributed by atoms with van der Waals surface area (Å²) < 4.78 is 6.28. The molecule has 0 aliphatic carbocycles. The molecule has 0 aliphatic rings. The molecular formula is C16H26O2Si. The predicted octanol–water partition coefficient (Wildman–Crippen LogP) is 4.53. The highest BCUT2D eigenvalue weighted by atomic mass is 28.4. The Kier molecular flexibility index (Phi) is 5.10. The zero-order chi connectivity index (χ0) is 14.7. The van der Waals surface area contributed by atoms with Gasteiger partial charge in [-0.1, -0.05) is 50.6 Å². The van der Waals surface area contributed by atoms with Gasteiger partial charge in [-0.05, 0) is 32.5 Å². The molecule has 0 aromatic heterocycles. The van der Waals surface area contributed by atoms with E-state index < -0.39 is 13.9 Å². The smallest absolute Gasteiger partial charge is 0.193 e. The molecule has 0 bridgehead atoms. The SMILES string of the molecule is CC[C@H](C)C(C)(O[Si](C)(C)C)C(=O)c1ccccc1. The minimum absolute atomic E-state index is 0.102. The van der Waals surface area contributed by atoms with Crippen LogP contribution >= 0.6 is 0 Å². The Morgan fingerprint density at radius 2 is 1.79 bits per heavy atom. The Labute approximate surface area is 118 Å². The number of hydrogen-bond donors (Lipinski definition) is 0. The van der Waals surface area contributed by atoms with Crippen molar-refractivity contribution in [2.75, 3.05) is 0 Å². The van der Waals surface area contributed by atoms with Crippen molar-refractivity contribution >= 4 is 14.1 Å². The zero-order valence-corrected chi connectivity index (χ0v) is 14.0. The Bertz CT molecular complexity index is 422. The predicted molar refractivity (Wildman–Crippen MR) is 83.1 cm³/mol. The number of benzene rings is 1. The molecule has 0 saturated carbocycles. The largest absolute Gasteiger partial charge is 0.405 e. The van der Waals surface area contributed by atoms with Crippen molar-refractivity contribution in [3.8, 4) is 0 Å². The summed E-state index contributed by atoms with van der Waals surface area (Å²) in [4.78, 5) is 12.8. The number of ketones is 1. The zero-order valence-electron chi connectivity index (χ0n) is 13.0. The van der Waals surface area contributed by atoms with Crippen LogP contribution in [0, 0.1) is 5.92 Å². The lowest BCUT2D eigenvalue weighted by Crippen LogP contribution is -2.50. The Hall–Kier alpha value is -0.933. The van der Waals surface area contributed by atoms with E-state index in [1.807, 2.05) is 37.3 Å². The van der Waals surface area contributed by atoms with Crippen LogP contribution in [0.5, 0.6) is 0 Å². The third kappa shape index (κ3) is 4.01. The summed E-state index contributed by atoms with van der Waals surface area (Å²) in [6.07, 6.45) is 0.930. The average molecular weight is 278 g/mol. The molecule has 0 amide bonds. The highest BCUT2D eigenvalue weighted by Crippen LogP contribution is 2.31. The Morgan fingerprint density at radius 3 is 2.21 bits per heavy atom. The van der Waals surface area contributed by atoms with Crippen molar-refractivity contribution in [2.45, 2.75) is 52.4 Å². The number of rotatable bonds is 6. The van der Waals surface area contributed by atoms with Gasteiger partial charge in [0.05, 0.1) is 0 Å². The fourth-order valence-corrected chi connectivity index (χ4v) is 3.84. The summed E-state index contributed by atoms with van der Waals surface area (Å²) >= 11 is 0. The topological polar surface area (TPSA) is 26.3 Å². The van der Waals surface area contributed by atoms with Gasteiger partial charge >= 0.3 is 0 Å². The van der Waals surface area contributed by atoms with Crippen molar-refractivity contribution in [3.63, 3.8) is 0 Å². The minimum atomic E-state index is -1.79. The van der Waals surface area contributed by atoms with Gasteiger partial charge in [-0.25, -0.2) is 0 Å². The van der Waals surface area contributed by atoms with Gasteiger partial charge in [0.15, 0.2) is 14.1 Å². The van der Waals surface area contributed by atoms with Crippen molar-refractivity contribution in [1.29, 1.82) is 0 Å². The Morgan fingerprint density at radius 1 is 1.26 bits per heavy atom. The van der Waals surface area contributed by atoms with Crippen LogP contribution in [0.4, 0.5) is 0 Å². The number of hydrogen-bond acceptors (Lipinski definition) is 2. The molecule has 1 unspecified atom stereocenters. The maximum absolute atomic E-state index is 12.8. The third-order valence-electron chi connectivity index (χ3n) is 3.56.